The van der Waals surface area contributed by atoms with Crippen LogP contribution < -0.4 is 27.4 Å². The van der Waals surface area contributed by atoms with Gasteiger partial charge >= 0.3 is 0 Å². The second kappa shape index (κ2) is 21.8. The van der Waals surface area contributed by atoms with Gasteiger partial charge in [-0.05, 0) is 77.8 Å². The van der Waals surface area contributed by atoms with Gasteiger partial charge in [-0.3, -0.25) is 0 Å². The molecule has 0 bridgehead atoms. The summed E-state index contributed by atoms with van der Waals surface area (Å²) >= 11 is 0. The van der Waals surface area contributed by atoms with Crippen LogP contribution in [0.3, 0.4) is 0 Å². The fraction of sp³-hybridized carbons (Fsp3) is 1.00. The molecular formula is C20H47N5. The Bertz CT molecular complexity index is 238. The van der Waals surface area contributed by atoms with Crippen molar-refractivity contribution in [3.05, 3.63) is 0 Å². The lowest BCUT2D eigenvalue weighted by atomic mass is 10.1. The van der Waals surface area contributed by atoms with E-state index >= 15 is 0 Å². The SMILES string of the molecule is CCCCNCCCCCCNCCCCCCNCC(N)CCN. The molecule has 0 fully saturated rings. The summed E-state index contributed by atoms with van der Waals surface area (Å²) in [5.41, 5.74) is 11.4. The lowest BCUT2D eigenvalue weighted by Gasteiger charge is -2.11. The maximum absolute atomic E-state index is 5.90. The molecule has 0 spiro atoms. The van der Waals surface area contributed by atoms with Crippen LogP contribution in [-0.2, 0) is 0 Å². The Labute approximate surface area is 157 Å². The Balaban J connectivity index is 3.00. The minimum absolute atomic E-state index is 0.214. The van der Waals surface area contributed by atoms with Crippen molar-refractivity contribution in [2.24, 2.45) is 11.5 Å². The first-order valence-corrected chi connectivity index (χ1v) is 10.9. The molecule has 0 rings (SSSR count). The van der Waals surface area contributed by atoms with Crippen LogP contribution in [0.15, 0.2) is 0 Å². The van der Waals surface area contributed by atoms with Crippen molar-refractivity contribution in [1.29, 1.82) is 0 Å². The molecule has 0 aromatic carbocycles. The van der Waals surface area contributed by atoms with Crippen molar-refractivity contribution >= 4 is 0 Å². The summed E-state index contributed by atoms with van der Waals surface area (Å²) in [4.78, 5) is 0. The molecule has 0 aliphatic heterocycles. The summed E-state index contributed by atoms with van der Waals surface area (Å²) in [6, 6.07) is 0.214. The molecule has 0 amide bonds. The summed E-state index contributed by atoms with van der Waals surface area (Å²) in [5.74, 6) is 0. The number of nitrogens with two attached hydrogens (primary N) is 2. The molecule has 0 aliphatic carbocycles. The highest BCUT2D eigenvalue weighted by Crippen LogP contribution is 2.00. The van der Waals surface area contributed by atoms with Gasteiger partial charge in [-0.25, -0.2) is 0 Å². The van der Waals surface area contributed by atoms with Crippen molar-refractivity contribution in [1.82, 2.24) is 16.0 Å². The number of hydrogen-bond donors (Lipinski definition) is 5. The number of rotatable bonds is 21. The van der Waals surface area contributed by atoms with Gasteiger partial charge < -0.3 is 27.4 Å². The van der Waals surface area contributed by atoms with Gasteiger partial charge in [0.15, 0.2) is 0 Å². The topological polar surface area (TPSA) is 88.1 Å². The smallest absolute Gasteiger partial charge is 0.0177 e. The van der Waals surface area contributed by atoms with Crippen molar-refractivity contribution in [3.63, 3.8) is 0 Å². The van der Waals surface area contributed by atoms with Crippen LogP contribution in [-0.4, -0.2) is 51.9 Å². The summed E-state index contributed by atoms with van der Waals surface area (Å²) in [5, 5.41) is 10.5. The average molecular weight is 358 g/mol. The predicted octanol–water partition coefficient (Wildman–Crippen LogP) is 2.35. The lowest BCUT2D eigenvalue weighted by molar-refractivity contribution is 0.517. The van der Waals surface area contributed by atoms with Gasteiger partial charge in [-0.1, -0.05) is 39.0 Å². The monoisotopic (exact) mass is 357 g/mol. The van der Waals surface area contributed by atoms with Crippen LogP contribution in [0.2, 0.25) is 0 Å². The standard InChI is InChI=1S/C20H47N5/c1-2-3-14-23-15-8-4-5-9-16-24-17-10-6-7-11-18-25-19-20(22)12-13-21/h20,23-25H,2-19,21-22H2,1H3. The minimum atomic E-state index is 0.214. The molecule has 0 saturated carbocycles. The Morgan fingerprint density at radius 1 is 0.640 bits per heavy atom. The third-order valence-electron chi connectivity index (χ3n) is 4.57. The first-order chi connectivity index (χ1) is 12.3. The van der Waals surface area contributed by atoms with Gasteiger partial charge in [0.2, 0.25) is 0 Å². The third kappa shape index (κ3) is 21.8. The molecule has 5 heteroatoms. The minimum Gasteiger partial charge on any atom is -0.330 e. The zero-order valence-corrected chi connectivity index (χ0v) is 17.0. The zero-order chi connectivity index (χ0) is 18.4. The Morgan fingerprint density at radius 2 is 1.08 bits per heavy atom. The Kier molecular flexibility index (Phi) is 21.7. The molecule has 0 heterocycles. The van der Waals surface area contributed by atoms with Crippen molar-refractivity contribution in [2.75, 3.05) is 45.8 Å². The van der Waals surface area contributed by atoms with Crippen LogP contribution in [0.4, 0.5) is 0 Å². The van der Waals surface area contributed by atoms with Crippen LogP contribution in [0.1, 0.15) is 77.6 Å². The highest BCUT2D eigenvalue weighted by molar-refractivity contribution is 4.64. The average Bonchev–Trinajstić information content (AvgIpc) is 2.61. The molecule has 0 aromatic heterocycles. The highest BCUT2D eigenvalue weighted by atomic mass is 14.9. The molecule has 1 atom stereocenters. The Morgan fingerprint density at radius 3 is 1.52 bits per heavy atom. The van der Waals surface area contributed by atoms with Gasteiger partial charge in [0.05, 0.1) is 0 Å². The van der Waals surface area contributed by atoms with Gasteiger partial charge in [0.1, 0.15) is 0 Å². The van der Waals surface area contributed by atoms with Gasteiger partial charge in [-0.2, -0.15) is 0 Å². The van der Waals surface area contributed by atoms with Crippen molar-refractivity contribution < 1.29 is 0 Å². The molecule has 0 aromatic rings. The van der Waals surface area contributed by atoms with Crippen molar-refractivity contribution in [3.8, 4) is 0 Å². The summed E-state index contributed by atoms with van der Waals surface area (Å²) in [6.07, 6.45) is 14.1. The molecule has 1 unspecified atom stereocenters. The number of hydrogen-bond acceptors (Lipinski definition) is 5. The molecule has 25 heavy (non-hydrogen) atoms. The van der Waals surface area contributed by atoms with Crippen LogP contribution in [0, 0.1) is 0 Å². The van der Waals surface area contributed by atoms with E-state index in [1.54, 1.807) is 0 Å². The second-order valence-electron chi connectivity index (χ2n) is 7.22. The molecule has 5 nitrogen and oxygen atoms in total. The summed E-state index contributed by atoms with van der Waals surface area (Å²) < 4.78 is 0. The maximum Gasteiger partial charge on any atom is 0.0177 e. The quantitative estimate of drug-likeness (QED) is 0.204. The van der Waals surface area contributed by atoms with E-state index in [2.05, 4.69) is 22.9 Å². The normalized spacial score (nSPS) is 12.6. The summed E-state index contributed by atoms with van der Waals surface area (Å²) in [6.45, 7) is 9.65. The van der Waals surface area contributed by atoms with E-state index in [-0.39, 0.29) is 6.04 Å². The van der Waals surface area contributed by atoms with E-state index in [0.29, 0.717) is 6.54 Å². The van der Waals surface area contributed by atoms with E-state index in [1.165, 1.54) is 90.4 Å². The lowest BCUT2D eigenvalue weighted by Crippen LogP contribution is -2.35. The molecule has 152 valence electrons. The largest absolute Gasteiger partial charge is 0.330 e. The van der Waals surface area contributed by atoms with Crippen LogP contribution in [0.25, 0.3) is 0 Å². The van der Waals surface area contributed by atoms with E-state index in [0.717, 1.165) is 19.5 Å². The molecule has 7 N–H and O–H groups in total. The van der Waals surface area contributed by atoms with E-state index < -0.39 is 0 Å². The van der Waals surface area contributed by atoms with Crippen LogP contribution in [0.5, 0.6) is 0 Å². The number of nitrogens with one attached hydrogen (secondary N) is 3. The van der Waals surface area contributed by atoms with E-state index in [9.17, 15) is 0 Å². The van der Waals surface area contributed by atoms with Gasteiger partial charge in [0.25, 0.3) is 0 Å². The fourth-order valence-electron chi connectivity index (χ4n) is 2.86. The Hall–Kier alpha value is -0.200. The number of unbranched alkanes of at least 4 members (excludes halogenated alkanes) is 7. The van der Waals surface area contributed by atoms with Gasteiger partial charge in [-0.15, -0.1) is 0 Å². The second-order valence-corrected chi connectivity index (χ2v) is 7.22. The molecule has 0 saturated heterocycles. The van der Waals surface area contributed by atoms with Crippen molar-refractivity contribution in [2.45, 2.75) is 83.6 Å². The van der Waals surface area contributed by atoms with Gasteiger partial charge in [0, 0.05) is 12.6 Å². The summed E-state index contributed by atoms with van der Waals surface area (Å²) in [7, 11) is 0. The van der Waals surface area contributed by atoms with E-state index in [4.69, 9.17) is 11.5 Å². The zero-order valence-electron chi connectivity index (χ0n) is 17.0. The first-order valence-electron chi connectivity index (χ1n) is 10.9. The predicted molar refractivity (Wildman–Crippen MR) is 112 cm³/mol. The highest BCUT2D eigenvalue weighted by Gasteiger charge is 1.99. The fourth-order valence-corrected chi connectivity index (χ4v) is 2.86. The molecule has 0 aliphatic rings. The molecule has 0 radical (unpaired) electrons. The first kappa shape index (κ1) is 24.8. The maximum atomic E-state index is 5.90. The van der Waals surface area contributed by atoms with E-state index in [1.807, 2.05) is 0 Å². The van der Waals surface area contributed by atoms with Crippen LogP contribution >= 0.6 is 0 Å². The third-order valence-corrected chi connectivity index (χ3v) is 4.57. The molecular weight excluding hydrogens is 310 g/mol.